The van der Waals surface area contributed by atoms with Crippen LogP contribution >= 0.6 is 0 Å². The second-order valence-electron chi connectivity index (χ2n) is 6.42. The molecule has 1 aromatic carbocycles. The first-order chi connectivity index (χ1) is 11.6. The number of rotatable bonds is 5. The highest BCUT2D eigenvalue weighted by Crippen LogP contribution is 2.24. The van der Waals surface area contributed by atoms with Crippen LogP contribution in [0.2, 0.25) is 0 Å². The quantitative estimate of drug-likeness (QED) is 0.914. The zero-order chi connectivity index (χ0) is 16.9. The second kappa shape index (κ2) is 7.73. The molecule has 0 saturated carbocycles. The van der Waals surface area contributed by atoms with E-state index >= 15 is 0 Å². The molecule has 0 spiro atoms. The van der Waals surface area contributed by atoms with Crippen molar-refractivity contribution in [3.05, 3.63) is 59.7 Å². The molecule has 2 heterocycles. The molecule has 1 fully saturated rings. The van der Waals surface area contributed by atoms with Crippen LogP contribution in [0.25, 0.3) is 0 Å². The van der Waals surface area contributed by atoms with Gasteiger partial charge in [-0.05, 0) is 43.8 Å². The van der Waals surface area contributed by atoms with Crippen molar-refractivity contribution in [2.75, 3.05) is 38.1 Å². The monoisotopic (exact) mass is 328 g/mol. The van der Waals surface area contributed by atoms with E-state index in [2.05, 4.69) is 27.1 Å². The minimum Gasteiger partial charge on any atom is -0.367 e. The van der Waals surface area contributed by atoms with Crippen molar-refractivity contribution < 1.29 is 4.39 Å². The minimum atomic E-state index is -0.136. The van der Waals surface area contributed by atoms with Crippen LogP contribution in [-0.2, 0) is 6.54 Å². The number of likely N-dealkylation sites (N-methyl/N-ethyl adjacent to an activating group) is 1. The summed E-state index contributed by atoms with van der Waals surface area (Å²) in [5, 5.41) is 3.40. The number of piperazine rings is 1. The van der Waals surface area contributed by atoms with Gasteiger partial charge in [-0.1, -0.05) is 12.1 Å². The second-order valence-corrected chi connectivity index (χ2v) is 6.42. The lowest BCUT2D eigenvalue weighted by atomic mass is 10.1. The minimum absolute atomic E-state index is 0.0723. The van der Waals surface area contributed by atoms with E-state index in [9.17, 15) is 4.39 Å². The predicted octanol–water partition coefficient (Wildman–Crippen LogP) is 2.82. The van der Waals surface area contributed by atoms with Crippen molar-refractivity contribution in [2.45, 2.75) is 19.5 Å². The van der Waals surface area contributed by atoms with E-state index in [-0.39, 0.29) is 11.9 Å². The van der Waals surface area contributed by atoms with Crippen LogP contribution in [0.4, 0.5) is 10.1 Å². The van der Waals surface area contributed by atoms with Gasteiger partial charge in [0.05, 0.1) is 11.4 Å². The molecular formula is C19H25FN4. The lowest BCUT2D eigenvalue weighted by molar-refractivity contribution is 0.311. The number of hydrogen-bond donors (Lipinski definition) is 1. The molecule has 0 unspecified atom stereocenters. The molecule has 3 rings (SSSR count). The van der Waals surface area contributed by atoms with E-state index in [0.29, 0.717) is 12.2 Å². The maximum absolute atomic E-state index is 14.6. The van der Waals surface area contributed by atoms with Gasteiger partial charge < -0.3 is 15.1 Å². The zero-order valence-electron chi connectivity index (χ0n) is 14.4. The molecule has 0 aliphatic carbocycles. The number of nitrogens with zero attached hydrogens (tertiary/aromatic N) is 3. The molecule has 0 bridgehead atoms. The van der Waals surface area contributed by atoms with Gasteiger partial charge in [-0.2, -0.15) is 0 Å². The Labute approximate surface area is 143 Å². The number of pyridine rings is 1. The first-order valence-electron chi connectivity index (χ1n) is 8.50. The van der Waals surface area contributed by atoms with Gasteiger partial charge >= 0.3 is 0 Å². The maximum Gasteiger partial charge on any atom is 0.146 e. The van der Waals surface area contributed by atoms with Crippen LogP contribution in [0.15, 0.2) is 42.6 Å². The van der Waals surface area contributed by atoms with Crippen molar-refractivity contribution in [2.24, 2.45) is 0 Å². The highest BCUT2D eigenvalue weighted by molar-refractivity contribution is 5.50. The molecule has 0 radical (unpaired) electrons. The highest BCUT2D eigenvalue weighted by Gasteiger charge is 2.18. The fourth-order valence-electron chi connectivity index (χ4n) is 2.97. The molecule has 128 valence electrons. The van der Waals surface area contributed by atoms with E-state index in [1.807, 2.05) is 37.3 Å². The number of nitrogens with one attached hydrogen (secondary N) is 1. The average molecular weight is 328 g/mol. The Morgan fingerprint density at radius 1 is 1.17 bits per heavy atom. The van der Waals surface area contributed by atoms with Crippen molar-refractivity contribution in [3.8, 4) is 0 Å². The standard InChI is InChI=1S/C19H25FN4/c1-15(22-14-17-5-3-4-8-21-17)16-6-7-19(18(20)13-16)24-11-9-23(2)10-12-24/h3-8,13,15,22H,9-12,14H2,1-2H3/t15-/m1/s1. The third kappa shape index (κ3) is 4.10. The van der Waals surface area contributed by atoms with Crippen molar-refractivity contribution in [1.29, 1.82) is 0 Å². The van der Waals surface area contributed by atoms with Crippen molar-refractivity contribution in [1.82, 2.24) is 15.2 Å². The molecule has 24 heavy (non-hydrogen) atoms. The molecule has 1 saturated heterocycles. The summed E-state index contributed by atoms with van der Waals surface area (Å²) >= 11 is 0. The Bertz CT molecular complexity index is 654. The Morgan fingerprint density at radius 2 is 1.96 bits per heavy atom. The molecule has 1 aliphatic heterocycles. The smallest absolute Gasteiger partial charge is 0.146 e. The Hall–Kier alpha value is -1.98. The van der Waals surface area contributed by atoms with Gasteiger partial charge in [-0.25, -0.2) is 4.39 Å². The summed E-state index contributed by atoms with van der Waals surface area (Å²) in [4.78, 5) is 8.70. The molecule has 0 amide bonds. The Kier molecular flexibility index (Phi) is 5.43. The number of halogens is 1. The molecule has 1 aromatic heterocycles. The van der Waals surface area contributed by atoms with Crippen LogP contribution in [0.5, 0.6) is 0 Å². The van der Waals surface area contributed by atoms with E-state index in [1.54, 1.807) is 12.3 Å². The van der Waals surface area contributed by atoms with Crippen LogP contribution in [0.3, 0.4) is 0 Å². The summed E-state index contributed by atoms with van der Waals surface area (Å²) in [6.07, 6.45) is 1.78. The van der Waals surface area contributed by atoms with Gasteiger partial charge in [0, 0.05) is 45.0 Å². The third-order valence-corrected chi connectivity index (χ3v) is 4.63. The molecule has 5 heteroatoms. The lowest BCUT2D eigenvalue weighted by Crippen LogP contribution is -2.44. The van der Waals surface area contributed by atoms with Gasteiger partial charge in [0.15, 0.2) is 0 Å². The van der Waals surface area contributed by atoms with Crippen LogP contribution in [-0.4, -0.2) is 43.1 Å². The number of anilines is 1. The summed E-state index contributed by atoms with van der Waals surface area (Å²) in [7, 11) is 2.10. The third-order valence-electron chi connectivity index (χ3n) is 4.63. The van der Waals surface area contributed by atoms with Gasteiger partial charge in [0.2, 0.25) is 0 Å². The molecule has 1 N–H and O–H groups in total. The fraction of sp³-hybridized carbons (Fsp3) is 0.421. The summed E-state index contributed by atoms with van der Waals surface area (Å²) in [6.45, 7) is 6.42. The Balaban J connectivity index is 1.63. The van der Waals surface area contributed by atoms with Crippen molar-refractivity contribution >= 4 is 5.69 Å². The van der Waals surface area contributed by atoms with Crippen LogP contribution in [0.1, 0.15) is 24.2 Å². The lowest BCUT2D eigenvalue weighted by Gasteiger charge is -2.34. The summed E-state index contributed by atoms with van der Waals surface area (Å²) < 4.78 is 14.6. The Morgan fingerprint density at radius 3 is 2.62 bits per heavy atom. The molecule has 1 aliphatic rings. The van der Waals surface area contributed by atoms with E-state index in [4.69, 9.17) is 0 Å². The van der Waals surface area contributed by atoms with E-state index in [0.717, 1.165) is 37.4 Å². The summed E-state index contributed by atoms with van der Waals surface area (Å²) in [6, 6.07) is 11.5. The molecule has 1 atom stereocenters. The van der Waals surface area contributed by atoms with E-state index < -0.39 is 0 Å². The van der Waals surface area contributed by atoms with Crippen molar-refractivity contribution in [3.63, 3.8) is 0 Å². The van der Waals surface area contributed by atoms with Crippen LogP contribution < -0.4 is 10.2 Å². The maximum atomic E-state index is 14.6. The fourth-order valence-corrected chi connectivity index (χ4v) is 2.97. The zero-order valence-corrected chi connectivity index (χ0v) is 14.4. The van der Waals surface area contributed by atoms with Gasteiger partial charge in [0.25, 0.3) is 0 Å². The number of hydrogen-bond acceptors (Lipinski definition) is 4. The summed E-state index contributed by atoms with van der Waals surface area (Å²) in [5.74, 6) is -0.136. The molecular weight excluding hydrogens is 303 g/mol. The highest BCUT2D eigenvalue weighted by atomic mass is 19.1. The van der Waals surface area contributed by atoms with Gasteiger partial charge in [0.1, 0.15) is 5.82 Å². The van der Waals surface area contributed by atoms with Gasteiger partial charge in [-0.15, -0.1) is 0 Å². The predicted molar refractivity (Wildman–Crippen MR) is 95.6 cm³/mol. The van der Waals surface area contributed by atoms with Gasteiger partial charge in [-0.3, -0.25) is 4.98 Å². The number of benzene rings is 1. The SMILES string of the molecule is C[C@@H](NCc1ccccn1)c1ccc(N2CCN(C)CC2)c(F)c1. The van der Waals surface area contributed by atoms with E-state index in [1.165, 1.54) is 0 Å². The number of aromatic nitrogens is 1. The summed E-state index contributed by atoms with van der Waals surface area (Å²) in [5.41, 5.74) is 2.66. The largest absolute Gasteiger partial charge is 0.367 e. The molecule has 2 aromatic rings. The topological polar surface area (TPSA) is 31.4 Å². The average Bonchev–Trinajstić information content (AvgIpc) is 2.61. The van der Waals surface area contributed by atoms with Crippen LogP contribution in [0, 0.1) is 5.82 Å². The first-order valence-corrected chi connectivity index (χ1v) is 8.50. The normalized spacial score (nSPS) is 17.0. The molecule has 4 nitrogen and oxygen atoms in total. The first kappa shape index (κ1) is 16.9.